The van der Waals surface area contributed by atoms with Crippen LogP contribution >= 0.6 is 15.9 Å². The number of nitrogens with one attached hydrogen (secondary N) is 1. The van der Waals surface area contributed by atoms with Crippen molar-refractivity contribution in [2.24, 2.45) is 7.05 Å². The van der Waals surface area contributed by atoms with E-state index in [-0.39, 0.29) is 11.9 Å². The molecule has 0 aliphatic carbocycles. The summed E-state index contributed by atoms with van der Waals surface area (Å²) >= 11 is 3.50. The van der Waals surface area contributed by atoms with Gasteiger partial charge in [-0.3, -0.25) is 4.68 Å². The first-order chi connectivity index (χ1) is 10.1. The van der Waals surface area contributed by atoms with Gasteiger partial charge in [0.1, 0.15) is 11.5 Å². The van der Waals surface area contributed by atoms with E-state index in [1.165, 1.54) is 12.1 Å². The fourth-order valence-corrected chi connectivity index (χ4v) is 2.77. The second-order valence-corrected chi connectivity index (χ2v) is 5.63. The molecule has 0 fully saturated rings. The summed E-state index contributed by atoms with van der Waals surface area (Å²) in [4.78, 5) is 0. The number of nitrogens with zero attached hydrogens (tertiary/aromatic N) is 2. The Bertz CT molecular complexity index is 615. The lowest BCUT2D eigenvalue weighted by atomic mass is 10.0. The molecule has 4 nitrogen and oxygen atoms in total. The molecule has 1 N–H and O–H groups in total. The monoisotopic (exact) mass is 355 g/mol. The molecule has 1 aromatic carbocycles. The molecule has 21 heavy (non-hydrogen) atoms. The second-order valence-electron chi connectivity index (χ2n) is 4.77. The van der Waals surface area contributed by atoms with Crippen LogP contribution in [0.5, 0.6) is 5.75 Å². The third kappa shape index (κ3) is 3.44. The van der Waals surface area contributed by atoms with E-state index in [0.29, 0.717) is 5.75 Å². The third-order valence-corrected chi connectivity index (χ3v) is 4.03. The molecule has 6 heteroatoms. The Balaban J connectivity index is 2.52. The van der Waals surface area contributed by atoms with Crippen LogP contribution in [0.1, 0.15) is 30.6 Å². The Labute approximate surface area is 132 Å². The Morgan fingerprint density at radius 3 is 2.90 bits per heavy atom. The molecule has 0 saturated carbocycles. The zero-order valence-electron chi connectivity index (χ0n) is 12.4. The molecule has 0 amide bonds. The normalized spacial score (nSPS) is 12.4. The van der Waals surface area contributed by atoms with Crippen molar-refractivity contribution in [3.63, 3.8) is 0 Å². The number of halogens is 2. The minimum absolute atomic E-state index is 0.197. The van der Waals surface area contributed by atoms with Gasteiger partial charge in [-0.15, -0.1) is 0 Å². The highest BCUT2D eigenvalue weighted by atomic mass is 79.9. The largest absolute Gasteiger partial charge is 0.493 e. The van der Waals surface area contributed by atoms with Gasteiger partial charge < -0.3 is 10.1 Å². The van der Waals surface area contributed by atoms with Crippen molar-refractivity contribution >= 4 is 15.9 Å². The number of aryl methyl sites for hydroxylation is 1. The zero-order valence-corrected chi connectivity index (χ0v) is 13.9. The summed E-state index contributed by atoms with van der Waals surface area (Å²) in [6, 6.07) is 4.49. The highest BCUT2D eigenvalue weighted by molar-refractivity contribution is 9.10. The van der Waals surface area contributed by atoms with Crippen molar-refractivity contribution in [3.05, 3.63) is 45.9 Å². The molecule has 1 unspecified atom stereocenters. The van der Waals surface area contributed by atoms with Crippen molar-refractivity contribution in [3.8, 4) is 5.75 Å². The van der Waals surface area contributed by atoms with Crippen molar-refractivity contribution < 1.29 is 9.13 Å². The van der Waals surface area contributed by atoms with Gasteiger partial charge in [-0.2, -0.15) is 5.10 Å². The van der Waals surface area contributed by atoms with E-state index in [2.05, 4.69) is 33.3 Å². The Morgan fingerprint density at radius 2 is 2.24 bits per heavy atom. The van der Waals surface area contributed by atoms with Crippen LogP contribution in [-0.4, -0.2) is 23.4 Å². The average Bonchev–Trinajstić information content (AvgIpc) is 2.84. The van der Waals surface area contributed by atoms with Crippen LogP contribution in [0, 0.1) is 5.82 Å². The quantitative estimate of drug-likeness (QED) is 0.862. The van der Waals surface area contributed by atoms with Gasteiger partial charge in [0, 0.05) is 11.5 Å². The van der Waals surface area contributed by atoms with E-state index in [9.17, 15) is 4.39 Å². The number of ether oxygens (including phenoxy) is 1. The highest BCUT2D eigenvalue weighted by Crippen LogP contribution is 2.33. The lowest BCUT2D eigenvalue weighted by Gasteiger charge is -2.21. The molecule has 2 rings (SSSR count). The SMILES string of the molecule is CCCNC(c1cc(F)ccc1Br)c1c(OC)cnn1C. The Morgan fingerprint density at radius 1 is 1.48 bits per heavy atom. The van der Waals surface area contributed by atoms with Gasteiger partial charge in [0.25, 0.3) is 0 Å². The molecule has 0 radical (unpaired) electrons. The molecule has 2 aromatic rings. The van der Waals surface area contributed by atoms with Gasteiger partial charge >= 0.3 is 0 Å². The van der Waals surface area contributed by atoms with E-state index in [4.69, 9.17) is 4.74 Å². The molecular formula is C15H19BrFN3O. The second kappa shape index (κ2) is 7.04. The van der Waals surface area contributed by atoms with Crippen molar-refractivity contribution in [2.45, 2.75) is 19.4 Å². The molecular weight excluding hydrogens is 337 g/mol. The lowest BCUT2D eigenvalue weighted by Crippen LogP contribution is -2.26. The van der Waals surface area contributed by atoms with Gasteiger partial charge in [0.15, 0.2) is 5.75 Å². The maximum absolute atomic E-state index is 13.7. The van der Waals surface area contributed by atoms with Crippen LogP contribution in [0.4, 0.5) is 4.39 Å². The molecule has 1 heterocycles. The molecule has 114 valence electrons. The summed E-state index contributed by atoms with van der Waals surface area (Å²) in [7, 11) is 3.46. The number of benzene rings is 1. The summed E-state index contributed by atoms with van der Waals surface area (Å²) < 4.78 is 21.6. The van der Waals surface area contributed by atoms with Crippen LogP contribution in [-0.2, 0) is 7.05 Å². The standard InChI is InChI=1S/C15H19BrFN3O/c1-4-7-18-14(11-8-10(17)5-6-12(11)16)15-13(21-3)9-19-20(15)2/h5-6,8-9,14,18H,4,7H2,1-3H3. The van der Waals surface area contributed by atoms with Gasteiger partial charge in [-0.25, -0.2) is 4.39 Å². The van der Waals surface area contributed by atoms with E-state index >= 15 is 0 Å². The van der Waals surface area contributed by atoms with E-state index in [1.54, 1.807) is 24.1 Å². The predicted molar refractivity (Wildman–Crippen MR) is 84.0 cm³/mol. The Hall–Kier alpha value is -1.40. The fraction of sp³-hybridized carbons (Fsp3) is 0.400. The summed E-state index contributed by atoms with van der Waals surface area (Å²) in [5, 5.41) is 7.67. The first-order valence-corrected chi connectivity index (χ1v) is 7.62. The molecule has 0 saturated heterocycles. The highest BCUT2D eigenvalue weighted by Gasteiger charge is 2.24. The number of aromatic nitrogens is 2. The lowest BCUT2D eigenvalue weighted by molar-refractivity contribution is 0.400. The molecule has 0 spiro atoms. The smallest absolute Gasteiger partial charge is 0.161 e. The minimum Gasteiger partial charge on any atom is -0.493 e. The predicted octanol–water partition coefficient (Wildman–Crippen LogP) is 3.42. The first-order valence-electron chi connectivity index (χ1n) is 6.82. The van der Waals surface area contributed by atoms with Crippen LogP contribution < -0.4 is 10.1 Å². The molecule has 1 atom stereocenters. The number of methoxy groups -OCH3 is 1. The Kier molecular flexibility index (Phi) is 5.36. The van der Waals surface area contributed by atoms with Gasteiger partial charge in [0.2, 0.25) is 0 Å². The van der Waals surface area contributed by atoms with Crippen LogP contribution in [0.2, 0.25) is 0 Å². The topological polar surface area (TPSA) is 39.1 Å². The molecule has 0 aliphatic rings. The van der Waals surface area contributed by atoms with Gasteiger partial charge in [-0.05, 0) is 36.7 Å². The summed E-state index contributed by atoms with van der Waals surface area (Å²) in [6.45, 7) is 2.90. The van der Waals surface area contributed by atoms with E-state index in [1.807, 2.05) is 7.05 Å². The molecule has 0 aliphatic heterocycles. The molecule has 1 aromatic heterocycles. The first kappa shape index (κ1) is 16.0. The number of hydrogen-bond donors (Lipinski definition) is 1. The van der Waals surface area contributed by atoms with Gasteiger partial charge in [-0.1, -0.05) is 22.9 Å². The van der Waals surface area contributed by atoms with Gasteiger partial charge in [0.05, 0.1) is 19.3 Å². The van der Waals surface area contributed by atoms with Crippen molar-refractivity contribution in [1.29, 1.82) is 0 Å². The maximum atomic E-state index is 13.7. The third-order valence-electron chi connectivity index (χ3n) is 3.31. The van der Waals surface area contributed by atoms with Crippen LogP contribution in [0.15, 0.2) is 28.9 Å². The number of hydrogen-bond acceptors (Lipinski definition) is 3. The van der Waals surface area contributed by atoms with E-state index in [0.717, 1.165) is 28.7 Å². The zero-order chi connectivity index (χ0) is 15.4. The van der Waals surface area contributed by atoms with Crippen LogP contribution in [0.25, 0.3) is 0 Å². The van der Waals surface area contributed by atoms with Crippen molar-refractivity contribution in [1.82, 2.24) is 15.1 Å². The molecule has 0 bridgehead atoms. The summed E-state index contributed by atoms with van der Waals surface area (Å²) in [5.41, 5.74) is 1.70. The van der Waals surface area contributed by atoms with Crippen LogP contribution in [0.3, 0.4) is 0 Å². The maximum Gasteiger partial charge on any atom is 0.161 e. The number of rotatable bonds is 6. The summed E-state index contributed by atoms with van der Waals surface area (Å²) in [5.74, 6) is 0.417. The summed E-state index contributed by atoms with van der Waals surface area (Å²) in [6.07, 6.45) is 2.65. The minimum atomic E-state index is -0.266. The average molecular weight is 356 g/mol. The fourth-order valence-electron chi connectivity index (χ4n) is 2.29. The van der Waals surface area contributed by atoms with E-state index < -0.39 is 0 Å². The van der Waals surface area contributed by atoms with Crippen molar-refractivity contribution in [2.75, 3.05) is 13.7 Å².